The van der Waals surface area contributed by atoms with Gasteiger partial charge in [-0.15, -0.1) is 0 Å². The molecular formula is C29H48Si. The molecule has 2 rings (SSSR count). The van der Waals surface area contributed by atoms with Crippen LogP contribution in [0.3, 0.4) is 0 Å². The second kappa shape index (κ2) is 12.7. The molecule has 0 fully saturated rings. The zero-order valence-electron chi connectivity index (χ0n) is 21.2. The van der Waals surface area contributed by atoms with Crippen LogP contribution >= 0.6 is 0 Å². The lowest BCUT2D eigenvalue weighted by molar-refractivity contribution is 0.661. The van der Waals surface area contributed by atoms with Crippen molar-refractivity contribution in [3.8, 4) is 0 Å². The van der Waals surface area contributed by atoms with Gasteiger partial charge in [0.2, 0.25) is 0 Å². The number of hydrogen-bond donors (Lipinski definition) is 0. The minimum Gasteiger partial charge on any atom is -0.0722 e. The number of aryl methyl sites for hydroxylation is 2. The van der Waals surface area contributed by atoms with E-state index in [1.807, 2.05) is 0 Å². The van der Waals surface area contributed by atoms with Gasteiger partial charge in [0.15, 0.2) is 0 Å². The summed E-state index contributed by atoms with van der Waals surface area (Å²) in [4.78, 5) is 0. The number of allylic oxidation sites excluding steroid dienone is 4. The number of benzene rings is 1. The molecule has 0 N–H and O–H groups in total. The summed E-state index contributed by atoms with van der Waals surface area (Å²) in [7, 11) is -0.625. The topological polar surface area (TPSA) is 0 Å². The molecule has 1 atom stereocenters. The van der Waals surface area contributed by atoms with Crippen LogP contribution in [0.15, 0.2) is 34.9 Å². The standard InChI is InChI=1S/C29H48Si/c1-8-10-12-14-16-25-18-26(17-15-13-11-9-2)20-27(19-25)29-24(5)22(3)23(4)28(29)21-30(6)7/h18-20,28,30H,8-17,21H2,1-7H3. The van der Waals surface area contributed by atoms with Gasteiger partial charge in [0.25, 0.3) is 0 Å². The molecule has 0 saturated heterocycles. The van der Waals surface area contributed by atoms with Crippen LogP contribution in [-0.2, 0) is 12.8 Å². The maximum absolute atomic E-state index is 2.56. The minimum absolute atomic E-state index is 0.625. The van der Waals surface area contributed by atoms with Gasteiger partial charge >= 0.3 is 0 Å². The van der Waals surface area contributed by atoms with Crippen molar-refractivity contribution < 1.29 is 0 Å². The van der Waals surface area contributed by atoms with Crippen molar-refractivity contribution >= 4 is 14.4 Å². The molecule has 1 aliphatic rings. The van der Waals surface area contributed by atoms with Gasteiger partial charge in [-0.1, -0.05) is 89.2 Å². The smallest absolute Gasteiger partial charge is 0.0314 e. The monoisotopic (exact) mass is 424 g/mol. The Morgan fingerprint density at radius 2 is 1.23 bits per heavy atom. The third kappa shape index (κ3) is 6.97. The van der Waals surface area contributed by atoms with Crippen molar-refractivity contribution in [3.63, 3.8) is 0 Å². The second-order valence-electron chi connectivity index (χ2n) is 10.2. The zero-order chi connectivity index (χ0) is 22.1. The Hall–Kier alpha value is -1.08. The Balaban J connectivity index is 2.33. The summed E-state index contributed by atoms with van der Waals surface area (Å²) in [5.74, 6) is 0.667. The molecule has 0 aliphatic heterocycles. The normalized spacial score (nSPS) is 17.0. The van der Waals surface area contributed by atoms with Gasteiger partial charge in [0, 0.05) is 14.7 Å². The highest BCUT2D eigenvalue weighted by Crippen LogP contribution is 2.45. The van der Waals surface area contributed by atoms with Crippen LogP contribution in [0, 0.1) is 5.92 Å². The maximum Gasteiger partial charge on any atom is 0.0314 e. The molecule has 1 aromatic carbocycles. The molecule has 0 nitrogen and oxygen atoms in total. The molecule has 1 unspecified atom stereocenters. The maximum atomic E-state index is 2.56. The Labute approximate surface area is 189 Å². The summed E-state index contributed by atoms with van der Waals surface area (Å²) in [6.07, 6.45) is 13.3. The van der Waals surface area contributed by atoms with Crippen LogP contribution in [0.25, 0.3) is 5.57 Å². The molecule has 30 heavy (non-hydrogen) atoms. The predicted molar refractivity (Wildman–Crippen MR) is 140 cm³/mol. The SMILES string of the molecule is CCCCCCc1cc(CCCCCC)cc(C2=C(C)C(C)=C(C)C2C[SiH](C)C)c1. The van der Waals surface area contributed by atoms with E-state index in [2.05, 4.69) is 65.9 Å². The first kappa shape index (κ1) is 25.2. The third-order valence-electron chi connectivity index (χ3n) is 7.14. The first-order valence-electron chi connectivity index (χ1n) is 12.9. The van der Waals surface area contributed by atoms with Crippen molar-refractivity contribution in [1.29, 1.82) is 0 Å². The van der Waals surface area contributed by atoms with Gasteiger partial charge < -0.3 is 0 Å². The molecule has 0 radical (unpaired) electrons. The fraction of sp³-hybridized carbons (Fsp3) is 0.655. The average Bonchev–Trinajstić information content (AvgIpc) is 2.92. The van der Waals surface area contributed by atoms with E-state index in [-0.39, 0.29) is 0 Å². The van der Waals surface area contributed by atoms with E-state index in [9.17, 15) is 0 Å². The molecule has 0 bridgehead atoms. The molecular weight excluding hydrogens is 376 g/mol. The van der Waals surface area contributed by atoms with Crippen molar-refractivity contribution in [1.82, 2.24) is 0 Å². The first-order valence-corrected chi connectivity index (χ1v) is 16.0. The van der Waals surface area contributed by atoms with E-state index in [0.717, 1.165) is 0 Å². The van der Waals surface area contributed by atoms with Crippen molar-refractivity contribution in [2.75, 3.05) is 0 Å². The lowest BCUT2D eigenvalue weighted by Gasteiger charge is -2.21. The summed E-state index contributed by atoms with van der Waals surface area (Å²) < 4.78 is 0. The van der Waals surface area contributed by atoms with Gasteiger partial charge in [0.1, 0.15) is 0 Å². The summed E-state index contributed by atoms with van der Waals surface area (Å²) >= 11 is 0. The fourth-order valence-corrected chi connectivity index (χ4v) is 6.67. The molecule has 0 spiro atoms. The van der Waals surface area contributed by atoms with Crippen LogP contribution in [0.5, 0.6) is 0 Å². The lowest BCUT2D eigenvalue weighted by atomic mass is 9.88. The van der Waals surface area contributed by atoms with Crippen LogP contribution in [-0.4, -0.2) is 8.80 Å². The number of hydrogen-bond acceptors (Lipinski definition) is 0. The second-order valence-corrected chi connectivity index (χ2v) is 13.4. The molecule has 0 aromatic heterocycles. The van der Waals surface area contributed by atoms with Gasteiger partial charge in [-0.25, -0.2) is 0 Å². The van der Waals surface area contributed by atoms with Crippen LogP contribution in [0.2, 0.25) is 19.1 Å². The molecule has 0 amide bonds. The average molecular weight is 425 g/mol. The molecule has 1 heteroatoms. The largest absolute Gasteiger partial charge is 0.0722 e. The van der Waals surface area contributed by atoms with Crippen LogP contribution < -0.4 is 0 Å². The fourth-order valence-electron chi connectivity index (χ4n) is 5.14. The number of unbranched alkanes of at least 4 members (excludes halogenated alkanes) is 6. The highest BCUT2D eigenvalue weighted by molar-refractivity contribution is 6.56. The zero-order valence-corrected chi connectivity index (χ0v) is 22.3. The number of rotatable bonds is 13. The van der Waals surface area contributed by atoms with E-state index in [4.69, 9.17) is 0 Å². The van der Waals surface area contributed by atoms with Crippen LogP contribution in [0.4, 0.5) is 0 Å². The van der Waals surface area contributed by atoms with Crippen molar-refractivity contribution in [2.24, 2.45) is 5.92 Å². The minimum atomic E-state index is -0.625. The highest BCUT2D eigenvalue weighted by Gasteiger charge is 2.29. The van der Waals surface area contributed by atoms with E-state index < -0.39 is 8.80 Å². The van der Waals surface area contributed by atoms with Crippen LogP contribution in [0.1, 0.15) is 103 Å². The van der Waals surface area contributed by atoms with Crippen molar-refractivity contribution in [2.45, 2.75) is 118 Å². The lowest BCUT2D eigenvalue weighted by Crippen LogP contribution is -2.11. The molecule has 1 aliphatic carbocycles. The van der Waals surface area contributed by atoms with Crippen molar-refractivity contribution in [3.05, 3.63) is 51.6 Å². The van der Waals surface area contributed by atoms with E-state index in [1.165, 1.54) is 70.3 Å². The van der Waals surface area contributed by atoms with Gasteiger partial charge in [-0.05, 0) is 85.9 Å². The predicted octanol–water partition coefficient (Wildman–Crippen LogP) is 9.16. The summed E-state index contributed by atoms with van der Waals surface area (Å²) in [6, 6.07) is 9.05. The summed E-state index contributed by atoms with van der Waals surface area (Å²) in [5, 5.41) is 0. The van der Waals surface area contributed by atoms with Gasteiger partial charge in [-0.2, -0.15) is 0 Å². The Morgan fingerprint density at radius 1 is 0.700 bits per heavy atom. The molecule has 0 heterocycles. The third-order valence-corrected chi connectivity index (χ3v) is 8.55. The molecule has 168 valence electrons. The summed E-state index contributed by atoms with van der Waals surface area (Å²) in [6.45, 7) is 16.8. The Kier molecular flexibility index (Phi) is 10.7. The van der Waals surface area contributed by atoms with E-state index in [1.54, 1.807) is 39.0 Å². The Bertz CT molecular complexity index is 704. The quantitative estimate of drug-likeness (QED) is 0.219. The Morgan fingerprint density at radius 3 is 1.70 bits per heavy atom. The first-order chi connectivity index (χ1) is 14.4. The van der Waals surface area contributed by atoms with E-state index >= 15 is 0 Å². The highest BCUT2D eigenvalue weighted by atomic mass is 28.3. The van der Waals surface area contributed by atoms with E-state index in [0.29, 0.717) is 5.92 Å². The van der Waals surface area contributed by atoms with Gasteiger partial charge in [-0.3, -0.25) is 0 Å². The molecule has 0 saturated carbocycles. The molecule has 1 aromatic rings. The van der Waals surface area contributed by atoms with Gasteiger partial charge in [0.05, 0.1) is 0 Å². The summed E-state index contributed by atoms with van der Waals surface area (Å²) in [5.41, 5.74) is 11.1.